The molecule has 25 heavy (non-hydrogen) atoms. The molecule has 6 nitrogen and oxygen atoms in total. The standard InChI is InChI=1S/C17H19N3O3S.Na.H/c1-12-15(23-11-5-10-22-2)8-9-18-16(12)24(21)17-19-13-6-3-4-7-14(13)20-17;;/h3-4,6-9H,5,10-11H2,1-2H3,(H,19,20);;. The van der Waals surface area contributed by atoms with Crippen LogP contribution in [0.2, 0.25) is 0 Å². The Morgan fingerprint density at radius 2 is 2.00 bits per heavy atom. The van der Waals surface area contributed by atoms with Gasteiger partial charge < -0.3 is 14.0 Å². The van der Waals surface area contributed by atoms with Gasteiger partial charge in [0.1, 0.15) is 5.75 Å². The summed E-state index contributed by atoms with van der Waals surface area (Å²) in [6, 6.07) is 9.36. The molecule has 0 aliphatic heterocycles. The SMILES string of the molecule is COCCCOc1ccnc([S+]([O-])c2nc3ccccc3[nH]2)c1C.[NaH]. The number of para-hydroxylation sites is 2. The topological polar surface area (TPSA) is 83.1 Å². The molecule has 0 aliphatic rings. The van der Waals surface area contributed by atoms with E-state index in [1.54, 1.807) is 19.4 Å². The summed E-state index contributed by atoms with van der Waals surface area (Å²) in [4.78, 5) is 11.8. The second-order valence-electron chi connectivity index (χ2n) is 5.26. The fraction of sp³-hybridized carbons (Fsp3) is 0.294. The van der Waals surface area contributed by atoms with Gasteiger partial charge in [0.15, 0.2) is 0 Å². The van der Waals surface area contributed by atoms with E-state index in [0.717, 1.165) is 23.0 Å². The summed E-state index contributed by atoms with van der Waals surface area (Å²) in [5, 5.41) is 0.849. The fourth-order valence-electron chi connectivity index (χ4n) is 2.34. The van der Waals surface area contributed by atoms with Gasteiger partial charge in [-0.1, -0.05) is 12.1 Å². The van der Waals surface area contributed by atoms with Crippen molar-refractivity contribution in [1.29, 1.82) is 0 Å². The third-order valence-corrected chi connectivity index (χ3v) is 4.88. The molecule has 1 N–H and O–H groups in total. The maximum absolute atomic E-state index is 12.8. The molecule has 3 aromatic rings. The number of hydrogen-bond donors (Lipinski definition) is 1. The van der Waals surface area contributed by atoms with E-state index in [1.165, 1.54) is 0 Å². The molecule has 0 spiro atoms. The van der Waals surface area contributed by atoms with E-state index < -0.39 is 11.2 Å². The number of nitrogens with one attached hydrogen (secondary N) is 1. The number of aromatic amines is 1. The minimum absolute atomic E-state index is 0. The van der Waals surface area contributed by atoms with E-state index in [2.05, 4.69) is 15.0 Å². The summed E-state index contributed by atoms with van der Waals surface area (Å²) in [6.07, 6.45) is 2.40. The first-order chi connectivity index (χ1) is 11.7. The van der Waals surface area contributed by atoms with Crippen LogP contribution in [0.15, 0.2) is 46.7 Å². The van der Waals surface area contributed by atoms with E-state index in [0.29, 0.717) is 29.1 Å². The van der Waals surface area contributed by atoms with Crippen molar-refractivity contribution in [1.82, 2.24) is 15.0 Å². The van der Waals surface area contributed by atoms with Crippen molar-refractivity contribution >= 4 is 51.8 Å². The number of methoxy groups -OCH3 is 1. The van der Waals surface area contributed by atoms with Crippen LogP contribution in [0.1, 0.15) is 12.0 Å². The zero-order chi connectivity index (χ0) is 16.9. The molecule has 0 bridgehead atoms. The Bertz CT molecular complexity index is 795. The fourth-order valence-corrected chi connectivity index (χ4v) is 3.44. The predicted octanol–water partition coefficient (Wildman–Crippen LogP) is 2.20. The van der Waals surface area contributed by atoms with Gasteiger partial charge in [-0.05, 0) is 25.1 Å². The van der Waals surface area contributed by atoms with Gasteiger partial charge in [-0.15, -0.1) is 0 Å². The number of fused-ring (bicyclic) bond motifs is 1. The van der Waals surface area contributed by atoms with Gasteiger partial charge in [0, 0.05) is 26.3 Å². The van der Waals surface area contributed by atoms with Crippen molar-refractivity contribution in [2.24, 2.45) is 0 Å². The third-order valence-electron chi connectivity index (χ3n) is 3.58. The molecule has 2 aromatic heterocycles. The molecule has 0 amide bonds. The minimum atomic E-state index is -1.49. The molecule has 1 aromatic carbocycles. The summed E-state index contributed by atoms with van der Waals surface area (Å²) in [7, 11) is 1.66. The van der Waals surface area contributed by atoms with E-state index in [4.69, 9.17) is 9.47 Å². The van der Waals surface area contributed by atoms with Gasteiger partial charge in [0.25, 0.3) is 5.03 Å². The van der Waals surface area contributed by atoms with Crippen LogP contribution in [-0.2, 0) is 15.9 Å². The van der Waals surface area contributed by atoms with Crippen LogP contribution in [0.5, 0.6) is 5.75 Å². The molecule has 0 radical (unpaired) electrons. The number of ether oxygens (including phenoxy) is 2. The van der Waals surface area contributed by atoms with Crippen LogP contribution in [0, 0.1) is 6.92 Å². The van der Waals surface area contributed by atoms with Gasteiger partial charge in [-0.2, -0.15) is 4.98 Å². The van der Waals surface area contributed by atoms with E-state index >= 15 is 0 Å². The summed E-state index contributed by atoms with van der Waals surface area (Å²) >= 11 is -1.49. The molecule has 2 heterocycles. The quantitative estimate of drug-likeness (QED) is 0.392. The summed E-state index contributed by atoms with van der Waals surface area (Å²) in [5.74, 6) is 0.681. The van der Waals surface area contributed by atoms with Crippen molar-refractivity contribution < 1.29 is 14.0 Å². The van der Waals surface area contributed by atoms with Crippen molar-refractivity contribution in [3.8, 4) is 5.75 Å². The number of imidazole rings is 1. The van der Waals surface area contributed by atoms with Crippen molar-refractivity contribution in [2.45, 2.75) is 23.5 Å². The van der Waals surface area contributed by atoms with Crippen LogP contribution >= 0.6 is 0 Å². The van der Waals surface area contributed by atoms with E-state index in [-0.39, 0.29) is 29.6 Å². The number of hydrogen-bond acceptors (Lipinski definition) is 5. The third kappa shape index (κ3) is 4.75. The van der Waals surface area contributed by atoms with Gasteiger partial charge in [0.05, 0.1) is 34.4 Å². The molecule has 0 saturated heterocycles. The van der Waals surface area contributed by atoms with Crippen LogP contribution in [0.4, 0.5) is 0 Å². The summed E-state index contributed by atoms with van der Waals surface area (Å²) < 4.78 is 23.6. The van der Waals surface area contributed by atoms with Crippen LogP contribution in [-0.4, -0.2) is 69.4 Å². The zero-order valence-corrected chi connectivity index (χ0v) is 14.4. The Hall–Kier alpha value is -1.09. The van der Waals surface area contributed by atoms with E-state index in [1.807, 2.05) is 31.2 Å². The first-order valence-electron chi connectivity index (χ1n) is 7.64. The van der Waals surface area contributed by atoms with Crippen LogP contribution in [0.25, 0.3) is 11.0 Å². The molecule has 0 saturated carbocycles. The second kappa shape index (κ2) is 9.56. The van der Waals surface area contributed by atoms with Crippen molar-refractivity contribution in [2.75, 3.05) is 20.3 Å². The second-order valence-corrected chi connectivity index (χ2v) is 6.57. The molecule has 0 aliphatic carbocycles. The Labute approximate surface area is 171 Å². The number of H-pyrrole nitrogens is 1. The predicted molar refractivity (Wildman–Crippen MR) is 98.9 cm³/mol. The van der Waals surface area contributed by atoms with Crippen molar-refractivity contribution in [3.63, 3.8) is 0 Å². The first-order valence-corrected chi connectivity index (χ1v) is 8.79. The molecule has 3 rings (SSSR count). The molecule has 0 fully saturated rings. The summed E-state index contributed by atoms with van der Waals surface area (Å²) in [5.41, 5.74) is 2.39. The van der Waals surface area contributed by atoms with Gasteiger partial charge in [-0.25, -0.2) is 4.98 Å². The summed E-state index contributed by atoms with van der Waals surface area (Å²) in [6.45, 7) is 3.03. The van der Waals surface area contributed by atoms with Gasteiger partial charge in [-0.3, -0.25) is 4.98 Å². The number of pyridine rings is 1. The van der Waals surface area contributed by atoms with Crippen LogP contribution in [0.3, 0.4) is 0 Å². The van der Waals surface area contributed by atoms with E-state index in [9.17, 15) is 4.55 Å². The molecule has 8 heteroatoms. The van der Waals surface area contributed by atoms with Gasteiger partial charge >= 0.3 is 34.7 Å². The van der Waals surface area contributed by atoms with Crippen molar-refractivity contribution in [3.05, 3.63) is 42.1 Å². The molecular formula is C17H20N3NaO3S. The Kier molecular flexibility index (Phi) is 7.74. The zero-order valence-electron chi connectivity index (χ0n) is 13.6. The van der Waals surface area contributed by atoms with Crippen LogP contribution < -0.4 is 4.74 Å². The first kappa shape index (κ1) is 20.2. The molecule has 1 atom stereocenters. The van der Waals surface area contributed by atoms with Gasteiger partial charge in [0.2, 0.25) is 0 Å². The maximum atomic E-state index is 12.8. The Morgan fingerprint density at radius 1 is 1.20 bits per heavy atom. The number of aromatic nitrogens is 3. The molecule has 128 valence electrons. The Morgan fingerprint density at radius 3 is 2.76 bits per heavy atom. The molecular weight excluding hydrogens is 349 g/mol. The Balaban J connectivity index is 0.00000225. The average molecular weight is 369 g/mol. The molecule has 1 unspecified atom stereocenters. The monoisotopic (exact) mass is 369 g/mol. The average Bonchev–Trinajstić information content (AvgIpc) is 3.03. The number of benzene rings is 1. The normalized spacial score (nSPS) is 12.0. The number of rotatable bonds is 7. The number of nitrogens with zero attached hydrogens (tertiary/aromatic N) is 2.